The van der Waals surface area contributed by atoms with Gasteiger partial charge in [0.25, 0.3) is 5.91 Å². The van der Waals surface area contributed by atoms with Gasteiger partial charge in [-0.15, -0.1) is 0 Å². The lowest BCUT2D eigenvalue weighted by atomic mass is 9.74. The first kappa shape index (κ1) is 26.9. The first-order valence-electron chi connectivity index (χ1n) is 10.2. The van der Waals surface area contributed by atoms with Crippen molar-refractivity contribution in [1.82, 2.24) is 16.0 Å². The lowest BCUT2D eigenvalue weighted by Crippen LogP contribution is -2.52. The van der Waals surface area contributed by atoms with Crippen LogP contribution in [0.3, 0.4) is 0 Å². The molecule has 0 bridgehead atoms. The molecule has 0 saturated carbocycles. The van der Waals surface area contributed by atoms with Crippen LogP contribution in [0.15, 0.2) is 18.2 Å². The third-order valence-corrected chi connectivity index (χ3v) is 5.36. The molecule has 33 heavy (non-hydrogen) atoms. The van der Waals surface area contributed by atoms with Gasteiger partial charge in [0.1, 0.15) is 6.04 Å². The van der Waals surface area contributed by atoms with Gasteiger partial charge in [0.05, 0.1) is 30.2 Å². The maximum absolute atomic E-state index is 12.5. The minimum absolute atomic E-state index is 0.109. The molecule has 180 valence electrons. The maximum atomic E-state index is 12.5. The van der Waals surface area contributed by atoms with Crippen molar-refractivity contribution < 1.29 is 33.2 Å². The Labute approximate surface area is 202 Å². The van der Waals surface area contributed by atoms with Crippen molar-refractivity contribution in [2.75, 3.05) is 20.7 Å². The van der Waals surface area contributed by atoms with Crippen LogP contribution in [0.2, 0.25) is 10.0 Å². The fourth-order valence-corrected chi connectivity index (χ4v) is 3.63. The van der Waals surface area contributed by atoms with Crippen LogP contribution in [0.1, 0.15) is 30.6 Å². The molecule has 3 atom stereocenters. The Morgan fingerprint density at radius 2 is 1.94 bits per heavy atom. The summed E-state index contributed by atoms with van der Waals surface area (Å²) < 4.78 is 15.6. The molecule has 1 aromatic rings. The van der Waals surface area contributed by atoms with E-state index in [2.05, 4.69) is 20.7 Å². The van der Waals surface area contributed by atoms with Crippen molar-refractivity contribution >= 4 is 54.1 Å². The Hall–Kier alpha value is -2.34. The Morgan fingerprint density at radius 1 is 1.24 bits per heavy atom. The molecule has 1 saturated heterocycles. The van der Waals surface area contributed by atoms with Crippen LogP contribution in [0, 0.1) is 5.92 Å². The summed E-state index contributed by atoms with van der Waals surface area (Å²) in [6.07, 6.45) is -0.823. The number of esters is 1. The first-order valence-corrected chi connectivity index (χ1v) is 11.0. The number of hydrogen-bond donors (Lipinski definition) is 3. The smallest absolute Gasteiger partial charge is 0.506 e. The third-order valence-electron chi connectivity index (χ3n) is 4.80. The quantitative estimate of drug-likeness (QED) is 0.319. The van der Waals surface area contributed by atoms with Gasteiger partial charge in [-0.25, -0.2) is 0 Å². The van der Waals surface area contributed by atoms with Crippen LogP contribution < -0.4 is 16.0 Å². The fourth-order valence-electron chi connectivity index (χ4n) is 3.25. The van der Waals surface area contributed by atoms with Gasteiger partial charge < -0.3 is 30.0 Å². The molecule has 2 rings (SSSR count). The van der Waals surface area contributed by atoms with Gasteiger partial charge in [-0.05, 0) is 37.6 Å². The molecule has 3 N–H and O–H groups in total. The number of benzene rings is 1. The number of ether oxygens (including phenoxy) is 1. The fraction of sp³-hybridized carbons (Fsp3) is 0.500. The Kier molecular flexibility index (Phi) is 9.96. The summed E-state index contributed by atoms with van der Waals surface area (Å²) >= 11 is 11.9. The maximum Gasteiger partial charge on any atom is 0.552 e. The van der Waals surface area contributed by atoms with Crippen molar-refractivity contribution in [2.45, 2.75) is 38.4 Å². The van der Waals surface area contributed by atoms with Crippen LogP contribution in [-0.2, 0) is 28.4 Å². The molecule has 0 radical (unpaired) electrons. The molecule has 1 heterocycles. The summed E-state index contributed by atoms with van der Waals surface area (Å²) in [6.45, 7) is 3.48. The van der Waals surface area contributed by atoms with Gasteiger partial charge in [-0.1, -0.05) is 37.0 Å². The largest absolute Gasteiger partial charge is 0.552 e. The van der Waals surface area contributed by atoms with Crippen molar-refractivity contribution in [3.63, 3.8) is 0 Å². The number of carbonyl (C=O) groups is 4. The molecule has 1 fully saturated rings. The zero-order valence-electron chi connectivity index (χ0n) is 18.6. The van der Waals surface area contributed by atoms with Gasteiger partial charge in [0.2, 0.25) is 5.91 Å². The lowest BCUT2D eigenvalue weighted by Gasteiger charge is -2.22. The molecule has 0 aliphatic carbocycles. The lowest BCUT2D eigenvalue weighted by molar-refractivity contribution is -0.150. The van der Waals surface area contributed by atoms with Crippen molar-refractivity contribution in [1.29, 1.82) is 0 Å². The number of halogens is 2. The molecule has 0 unspecified atom stereocenters. The predicted octanol–water partition coefficient (Wildman–Crippen LogP) is 0.985. The number of likely N-dealkylation sites (N-methyl/N-ethyl adjacent to an activating group) is 1. The average molecular weight is 502 g/mol. The molecule has 13 heteroatoms. The van der Waals surface area contributed by atoms with E-state index in [0.717, 1.165) is 0 Å². The number of methoxy groups -OCH3 is 1. The number of nitrogens with one attached hydrogen (secondary N) is 3. The van der Waals surface area contributed by atoms with E-state index < -0.39 is 49.0 Å². The Balaban J connectivity index is 2.03. The summed E-state index contributed by atoms with van der Waals surface area (Å²) in [5.74, 6) is -3.15. The predicted molar refractivity (Wildman–Crippen MR) is 122 cm³/mol. The van der Waals surface area contributed by atoms with Crippen LogP contribution in [0.25, 0.3) is 0 Å². The molecule has 2 amide bonds. The second kappa shape index (κ2) is 12.2. The molecule has 1 aliphatic rings. The normalized spacial score (nSPS) is 17.4. The molecule has 0 aromatic heterocycles. The van der Waals surface area contributed by atoms with E-state index in [1.165, 1.54) is 26.3 Å². The average Bonchev–Trinajstić information content (AvgIpc) is 3.14. The van der Waals surface area contributed by atoms with E-state index in [-0.39, 0.29) is 23.0 Å². The summed E-state index contributed by atoms with van der Waals surface area (Å²) in [6, 6.07) is 3.35. The highest BCUT2D eigenvalue weighted by Gasteiger charge is 2.50. The zero-order valence-corrected chi connectivity index (χ0v) is 20.2. The second-order valence-corrected chi connectivity index (χ2v) is 8.61. The van der Waals surface area contributed by atoms with E-state index in [1.54, 1.807) is 6.07 Å². The van der Waals surface area contributed by atoms with Gasteiger partial charge in [-0.2, -0.15) is 0 Å². The third kappa shape index (κ3) is 7.33. The van der Waals surface area contributed by atoms with E-state index in [1.807, 2.05) is 13.8 Å². The number of rotatable bonds is 10. The Morgan fingerprint density at radius 3 is 2.55 bits per heavy atom. The molecule has 10 nitrogen and oxygen atoms in total. The van der Waals surface area contributed by atoms with Crippen LogP contribution in [0.5, 0.6) is 0 Å². The van der Waals surface area contributed by atoms with Crippen LogP contribution >= 0.6 is 23.2 Å². The van der Waals surface area contributed by atoms with Gasteiger partial charge in [-0.3, -0.25) is 19.2 Å². The topological polar surface area (TPSA) is 132 Å². The standard InChI is InChI=1S/C20H26BCl2N3O7/c1-10(2)7-14(21-32-17(20(30)33-21)16(24-3)19(29)31-4)26-15(27)9-25-18(28)12-8-11(22)5-6-13(12)23/h5-6,8,10,14,16-17,24H,7,9H2,1-4H3,(H,25,28)(H,26,27)/t14-,16+,17+/m0/s1. The highest BCUT2D eigenvalue weighted by molar-refractivity contribution is 6.51. The van der Waals surface area contributed by atoms with Crippen LogP contribution in [0.4, 0.5) is 0 Å². The highest BCUT2D eigenvalue weighted by atomic mass is 35.5. The zero-order chi connectivity index (χ0) is 24.7. The minimum Gasteiger partial charge on any atom is -0.506 e. The summed E-state index contributed by atoms with van der Waals surface area (Å²) in [4.78, 5) is 49.1. The molecule has 1 aliphatic heterocycles. The van der Waals surface area contributed by atoms with E-state index in [0.29, 0.717) is 11.4 Å². The molecule has 0 spiro atoms. The van der Waals surface area contributed by atoms with Crippen molar-refractivity contribution in [2.24, 2.45) is 5.92 Å². The monoisotopic (exact) mass is 501 g/mol. The minimum atomic E-state index is -1.23. The van der Waals surface area contributed by atoms with Crippen molar-refractivity contribution in [3.8, 4) is 0 Å². The van der Waals surface area contributed by atoms with E-state index >= 15 is 0 Å². The van der Waals surface area contributed by atoms with Gasteiger partial charge in [0.15, 0.2) is 6.10 Å². The Bertz CT molecular complexity index is 902. The van der Waals surface area contributed by atoms with Gasteiger partial charge >= 0.3 is 19.1 Å². The summed E-state index contributed by atoms with van der Waals surface area (Å²) in [5, 5.41) is 8.37. The SMILES string of the molecule is CN[C@@H](C(=O)OC)[C@H]1OB([C@H](CC(C)C)NC(=O)CNC(=O)c2cc(Cl)ccc2Cl)OC1=O. The first-order chi connectivity index (χ1) is 15.6. The second-order valence-electron chi connectivity index (χ2n) is 7.76. The van der Waals surface area contributed by atoms with Crippen molar-refractivity contribution in [3.05, 3.63) is 33.8 Å². The number of hydrogen-bond acceptors (Lipinski definition) is 8. The van der Waals surface area contributed by atoms with Gasteiger partial charge in [0, 0.05) is 5.02 Å². The number of carbonyl (C=O) groups excluding carboxylic acids is 4. The summed E-state index contributed by atoms with van der Waals surface area (Å²) in [7, 11) is 1.55. The molecule has 1 aromatic carbocycles. The molecular weight excluding hydrogens is 476 g/mol. The summed E-state index contributed by atoms with van der Waals surface area (Å²) in [5.41, 5.74) is 0.132. The highest BCUT2D eigenvalue weighted by Crippen LogP contribution is 2.21. The number of amides is 2. The molecular formula is C20H26BCl2N3O7. The van der Waals surface area contributed by atoms with E-state index in [4.69, 9.17) is 32.5 Å². The van der Waals surface area contributed by atoms with Crippen LogP contribution in [-0.4, -0.2) is 69.7 Å². The van der Waals surface area contributed by atoms with E-state index in [9.17, 15) is 19.2 Å².